The van der Waals surface area contributed by atoms with Gasteiger partial charge in [0.15, 0.2) is 18.1 Å². The number of likely N-dealkylation sites (tertiary alicyclic amines) is 1. The number of ether oxygens (including phenoxy) is 2. The second kappa shape index (κ2) is 8.29. The molecular weight excluding hydrogens is 355 g/mol. The van der Waals surface area contributed by atoms with Gasteiger partial charge in [-0.1, -0.05) is 6.07 Å². The van der Waals surface area contributed by atoms with E-state index in [1.165, 1.54) is 24.1 Å². The van der Waals surface area contributed by atoms with Crippen LogP contribution in [0.25, 0.3) is 0 Å². The molecule has 0 bridgehead atoms. The van der Waals surface area contributed by atoms with Crippen LogP contribution in [0.15, 0.2) is 18.2 Å². The lowest BCUT2D eigenvalue weighted by atomic mass is 10.1. The average molecular weight is 375 g/mol. The second-order valence-electron chi connectivity index (χ2n) is 5.97. The van der Waals surface area contributed by atoms with Crippen LogP contribution >= 0.6 is 0 Å². The van der Waals surface area contributed by atoms with E-state index in [0.717, 1.165) is 0 Å². The zero-order valence-corrected chi connectivity index (χ0v) is 14.2. The number of benzene rings is 1. The number of amides is 1. The lowest BCUT2D eigenvalue weighted by molar-refractivity contribution is -0.153. The molecule has 0 saturated carbocycles. The average Bonchev–Trinajstić information content (AvgIpc) is 3.07. The quantitative estimate of drug-likeness (QED) is 0.793. The van der Waals surface area contributed by atoms with Crippen LogP contribution in [0.4, 0.5) is 13.2 Å². The summed E-state index contributed by atoms with van der Waals surface area (Å²) in [6.07, 6.45) is -2.93. The molecule has 144 valence electrons. The number of hydrogen-bond donors (Lipinski definition) is 1. The lowest BCUT2D eigenvalue weighted by Gasteiger charge is -2.21. The SMILES string of the molecule is COc1cc(CCC(=O)N2CCC[C@H]2C(=O)O)ccc1OCC(F)(F)F. The predicted octanol–water partition coefficient (Wildman–Crippen LogP) is 2.64. The normalized spacial score (nSPS) is 17.2. The molecule has 1 N–H and O–H groups in total. The molecule has 0 radical (unpaired) electrons. The molecule has 1 amide bonds. The van der Waals surface area contributed by atoms with Crippen LogP contribution in [-0.4, -0.2) is 54.4 Å². The molecule has 1 aliphatic heterocycles. The summed E-state index contributed by atoms with van der Waals surface area (Å²) in [4.78, 5) is 24.8. The van der Waals surface area contributed by atoms with E-state index >= 15 is 0 Å². The Kier molecular flexibility index (Phi) is 6.33. The third kappa shape index (κ3) is 5.27. The maximum atomic E-state index is 12.3. The summed E-state index contributed by atoms with van der Waals surface area (Å²) in [5.41, 5.74) is 0.681. The number of carbonyl (C=O) groups excluding carboxylic acids is 1. The van der Waals surface area contributed by atoms with Gasteiger partial charge in [-0.25, -0.2) is 4.79 Å². The molecule has 1 aromatic rings. The molecule has 1 saturated heterocycles. The van der Waals surface area contributed by atoms with Gasteiger partial charge < -0.3 is 19.5 Å². The molecule has 1 fully saturated rings. The first kappa shape index (κ1) is 19.9. The van der Waals surface area contributed by atoms with Crippen LogP contribution in [0.1, 0.15) is 24.8 Å². The number of nitrogens with zero attached hydrogens (tertiary/aromatic N) is 1. The summed E-state index contributed by atoms with van der Waals surface area (Å²) in [5, 5.41) is 9.12. The number of halogens is 3. The van der Waals surface area contributed by atoms with Crippen molar-refractivity contribution in [3.63, 3.8) is 0 Å². The van der Waals surface area contributed by atoms with Gasteiger partial charge in [-0.05, 0) is 37.0 Å². The standard InChI is InChI=1S/C17H20F3NO5/c1-25-14-9-11(4-6-13(14)26-10-17(18,19)20)5-7-15(22)21-8-2-3-12(21)16(23)24/h4,6,9,12H,2-3,5,7-8,10H2,1H3,(H,23,24)/t12-/m0/s1. The molecule has 1 heterocycles. The number of carbonyl (C=O) groups is 2. The van der Waals surface area contributed by atoms with E-state index in [4.69, 9.17) is 14.6 Å². The Bertz CT molecular complexity index is 662. The van der Waals surface area contributed by atoms with Crippen molar-refractivity contribution in [2.24, 2.45) is 0 Å². The lowest BCUT2D eigenvalue weighted by Crippen LogP contribution is -2.40. The fraction of sp³-hybridized carbons (Fsp3) is 0.529. The monoisotopic (exact) mass is 375 g/mol. The van der Waals surface area contributed by atoms with Crippen molar-refractivity contribution in [3.05, 3.63) is 23.8 Å². The van der Waals surface area contributed by atoms with E-state index in [1.807, 2.05) is 0 Å². The zero-order chi connectivity index (χ0) is 19.3. The highest BCUT2D eigenvalue weighted by Crippen LogP contribution is 2.30. The minimum absolute atomic E-state index is 0.0367. The second-order valence-corrected chi connectivity index (χ2v) is 5.97. The van der Waals surface area contributed by atoms with Crippen molar-refractivity contribution in [1.82, 2.24) is 4.90 Å². The van der Waals surface area contributed by atoms with Gasteiger partial charge in [-0.15, -0.1) is 0 Å². The van der Waals surface area contributed by atoms with E-state index in [9.17, 15) is 22.8 Å². The highest BCUT2D eigenvalue weighted by molar-refractivity contribution is 5.84. The first-order chi connectivity index (χ1) is 12.2. The number of methoxy groups -OCH3 is 1. The van der Waals surface area contributed by atoms with Gasteiger partial charge in [-0.3, -0.25) is 4.79 Å². The number of alkyl halides is 3. The topological polar surface area (TPSA) is 76.1 Å². The Morgan fingerprint density at radius 3 is 2.65 bits per heavy atom. The van der Waals surface area contributed by atoms with Gasteiger partial charge in [0.25, 0.3) is 0 Å². The molecule has 1 aromatic carbocycles. The van der Waals surface area contributed by atoms with Crippen LogP contribution in [-0.2, 0) is 16.0 Å². The molecule has 0 spiro atoms. The highest BCUT2D eigenvalue weighted by Gasteiger charge is 2.33. The summed E-state index contributed by atoms with van der Waals surface area (Å²) < 4.78 is 46.5. The van der Waals surface area contributed by atoms with Crippen molar-refractivity contribution in [3.8, 4) is 11.5 Å². The minimum atomic E-state index is -4.45. The Morgan fingerprint density at radius 2 is 2.04 bits per heavy atom. The Balaban J connectivity index is 1.97. The number of aliphatic carboxylic acids is 1. The number of carboxylic acid groups (broad SMARTS) is 1. The molecule has 1 aliphatic rings. The van der Waals surface area contributed by atoms with Crippen LogP contribution in [0.3, 0.4) is 0 Å². The van der Waals surface area contributed by atoms with E-state index in [2.05, 4.69) is 0 Å². The summed E-state index contributed by atoms with van der Waals surface area (Å²) in [7, 11) is 1.31. The zero-order valence-electron chi connectivity index (χ0n) is 14.2. The van der Waals surface area contributed by atoms with E-state index in [-0.39, 0.29) is 23.8 Å². The smallest absolute Gasteiger partial charge is 0.422 e. The molecular formula is C17H20F3NO5. The first-order valence-corrected chi connectivity index (χ1v) is 8.10. The Hall–Kier alpha value is -2.45. The Labute approximate surface area is 148 Å². The first-order valence-electron chi connectivity index (χ1n) is 8.10. The van der Waals surface area contributed by atoms with Crippen molar-refractivity contribution in [2.75, 3.05) is 20.3 Å². The highest BCUT2D eigenvalue weighted by atomic mass is 19.4. The van der Waals surface area contributed by atoms with Gasteiger partial charge in [-0.2, -0.15) is 13.2 Å². The predicted molar refractivity (Wildman–Crippen MR) is 85.2 cm³/mol. The fourth-order valence-electron chi connectivity index (χ4n) is 2.86. The van der Waals surface area contributed by atoms with Crippen molar-refractivity contribution in [1.29, 1.82) is 0 Å². The number of carboxylic acids is 1. The summed E-state index contributed by atoms with van der Waals surface area (Å²) in [6.45, 7) is -1.00. The molecule has 1 atom stereocenters. The number of hydrogen-bond acceptors (Lipinski definition) is 4. The summed E-state index contributed by atoms with van der Waals surface area (Å²) in [6, 6.07) is 3.65. The van der Waals surface area contributed by atoms with Gasteiger partial charge in [0.2, 0.25) is 5.91 Å². The minimum Gasteiger partial charge on any atom is -0.493 e. The van der Waals surface area contributed by atoms with Gasteiger partial charge >= 0.3 is 12.1 Å². The number of aryl methyl sites for hydroxylation is 1. The van der Waals surface area contributed by atoms with Crippen LogP contribution in [0.5, 0.6) is 11.5 Å². The maximum absolute atomic E-state index is 12.3. The number of rotatable bonds is 7. The van der Waals surface area contributed by atoms with Crippen molar-refractivity contribution < 1.29 is 37.3 Å². The van der Waals surface area contributed by atoms with E-state index in [1.54, 1.807) is 6.07 Å². The van der Waals surface area contributed by atoms with E-state index < -0.39 is 24.8 Å². The molecule has 6 nitrogen and oxygen atoms in total. The summed E-state index contributed by atoms with van der Waals surface area (Å²) >= 11 is 0. The third-order valence-electron chi connectivity index (χ3n) is 4.11. The van der Waals surface area contributed by atoms with Gasteiger partial charge in [0, 0.05) is 13.0 Å². The molecule has 0 unspecified atom stereocenters. The van der Waals surface area contributed by atoms with Crippen LogP contribution < -0.4 is 9.47 Å². The maximum Gasteiger partial charge on any atom is 0.422 e. The van der Waals surface area contributed by atoms with Crippen LogP contribution in [0.2, 0.25) is 0 Å². The Morgan fingerprint density at radius 1 is 1.31 bits per heavy atom. The van der Waals surface area contributed by atoms with Gasteiger partial charge in [0.1, 0.15) is 6.04 Å². The van der Waals surface area contributed by atoms with E-state index in [0.29, 0.717) is 31.4 Å². The summed E-state index contributed by atoms with van der Waals surface area (Å²) in [5.74, 6) is -1.16. The van der Waals surface area contributed by atoms with Gasteiger partial charge in [0.05, 0.1) is 7.11 Å². The van der Waals surface area contributed by atoms with Crippen LogP contribution in [0, 0.1) is 0 Å². The molecule has 2 rings (SSSR count). The molecule has 0 aliphatic carbocycles. The molecule has 0 aromatic heterocycles. The molecule has 26 heavy (non-hydrogen) atoms. The van der Waals surface area contributed by atoms with Crippen molar-refractivity contribution in [2.45, 2.75) is 37.9 Å². The third-order valence-corrected chi connectivity index (χ3v) is 4.11. The molecule has 9 heteroatoms. The fourth-order valence-corrected chi connectivity index (χ4v) is 2.86. The van der Waals surface area contributed by atoms with Crippen molar-refractivity contribution >= 4 is 11.9 Å². The largest absolute Gasteiger partial charge is 0.493 e.